The van der Waals surface area contributed by atoms with Crippen LogP contribution in [0.2, 0.25) is 0 Å². The molecular weight excluding hydrogens is 228 g/mol. The summed E-state index contributed by atoms with van der Waals surface area (Å²) in [5.41, 5.74) is 4.41. The SMILES string of the molecule is Cc1cc(NC(=O)Cc2c(C)n[nH]c2C)ccn1. The van der Waals surface area contributed by atoms with Crippen LogP contribution in [0.3, 0.4) is 0 Å². The average molecular weight is 244 g/mol. The molecule has 0 aliphatic heterocycles. The fraction of sp³-hybridized carbons (Fsp3) is 0.308. The van der Waals surface area contributed by atoms with E-state index in [4.69, 9.17) is 0 Å². The molecule has 0 radical (unpaired) electrons. The van der Waals surface area contributed by atoms with Crippen LogP contribution in [-0.4, -0.2) is 21.1 Å². The van der Waals surface area contributed by atoms with E-state index in [2.05, 4.69) is 20.5 Å². The molecule has 2 aromatic heterocycles. The van der Waals surface area contributed by atoms with Crippen LogP contribution in [0.1, 0.15) is 22.6 Å². The van der Waals surface area contributed by atoms with Gasteiger partial charge in [0.2, 0.25) is 5.91 Å². The van der Waals surface area contributed by atoms with Gasteiger partial charge in [-0.15, -0.1) is 0 Å². The number of carbonyl (C=O) groups excluding carboxylic acids is 1. The highest BCUT2D eigenvalue weighted by Gasteiger charge is 2.11. The Morgan fingerprint density at radius 2 is 2.17 bits per heavy atom. The van der Waals surface area contributed by atoms with E-state index >= 15 is 0 Å². The molecule has 5 heteroatoms. The molecule has 0 bridgehead atoms. The fourth-order valence-electron chi connectivity index (χ4n) is 1.82. The molecule has 5 nitrogen and oxygen atoms in total. The van der Waals surface area contributed by atoms with Gasteiger partial charge in [0.15, 0.2) is 0 Å². The Morgan fingerprint density at radius 3 is 2.78 bits per heavy atom. The second-order valence-corrected chi connectivity index (χ2v) is 4.32. The van der Waals surface area contributed by atoms with E-state index in [1.807, 2.05) is 26.8 Å². The van der Waals surface area contributed by atoms with Crippen LogP contribution in [0.5, 0.6) is 0 Å². The third kappa shape index (κ3) is 2.74. The maximum atomic E-state index is 11.9. The molecular formula is C13H16N4O. The van der Waals surface area contributed by atoms with Gasteiger partial charge in [-0.3, -0.25) is 14.9 Å². The summed E-state index contributed by atoms with van der Waals surface area (Å²) in [5.74, 6) is -0.0480. The van der Waals surface area contributed by atoms with Crippen molar-refractivity contribution < 1.29 is 4.79 Å². The van der Waals surface area contributed by atoms with Gasteiger partial charge in [-0.25, -0.2) is 0 Å². The Balaban J connectivity index is 2.06. The van der Waals surface area contributed by atoms with E-state index in [-0.39, 0.29) is 5.91 Å². The largest absolute Gasteiger partial charge is 0.326 e. The zero-order valence-corrected chi connectivity index (χ0v) is 10.7. The van der Waals surface area contributed by atoms with E-state index in [0.29, 0.717) is 6.42 Å². The lowest BCUT2D eigenvalue weighted by molar-refractivity contribution is -0.115. The number of H-pyrrole nitrogens is 1. The summed E-state index contributed by atoms with van der Waals surface area (Å²) in [5, 5.41) is 9.81. The van der Waals surface area contributed by atoms with Crippen LogP contribution >= 0.6 is 0 Å². The van der Waals surface area contributed by atoms with Crippen LogP contribution < -0.4 is 5.32 Å². The fourth-order valence-corrected chi connectivity index (χ4v) is 1.82. The number of nitrogens with one attached hydrogen (secondary N) is 2. The average Bonchev–Trinajstić information content (AvgIpc) is 2.61. The van der Waals surface area contributed by atoms with Gasteiger partial charge in [0.25, 0.3) is 0 Å². The molecule has 94 valence electrons. The third-order valence-electron chi connectivity index (χ3n) is 2.80. The van der Waals surface area contributed by atoms with Crippen LogP contribution in [0.15, 0.2) is 18.3 Å². The van der Waals surface area contributed by atoms with Crippen molar-refractivity contribution in [3.63, 3.8) is 0 Å². The molecule has 0 saturated heterocycles. The molecule has 0 spiro atoms. The molecule has 0 saturated carbocycles. The van der Waals surface area contributed by atoms with Crippen molar-refractivity contribution >= 4 is 11.6 Å². The van der Waals surface area contributed by atoms with Gasteiger partial charge in [0.1, 0.15) is 0 Å². The van der Waals surface area contributed by atoms with Crippen LogP contribution in [0, 0.1) is 20.8 Å². The molecule has 2 heterocycles. The number of rotatable bonds is 3. The minimum Gasteiger partial charge on any atom is -0.326 e. The van der Waals surface area contributed by atoms with E-state index in [1.165, 1.54) is 0 Å². The molecule has 0 unspecified atom stereocenters. The number of aromatic amines is 1. The predicted octanol–water partition coefficient (Wildman–Crippen LogP) is 1.91. The molecule has 0 aliphatic rings. The number of hydrogen-bond donors (Lipinski definition) is 2. The van der Waals surface area contributed by atoms with Crippen molar-refractivity contribution in [3.8, 4) is 0 Å². The van der Waals surface area contributed by atoms with Crippen molar-refractivity contribution in [1.29, 1.82) is 0 Å². The lowest BCUT2D eigenvalue weighted by Gasteiger charge is -2.05. The van der Waals surface area contributed by atoms with E-state index < -0.39 is 0 Å². The van der Waals surface area contributed by atoms with Gasteiger partial charge in [0, 0.05) is 28.8 Å². The summed E-state index contributed by atoms with van der Waals surface area (Å²) >= 11 is 0. The van der Waals surface area contributed by atoms with Crippen molar-refractivity contribution in [2.45, 2.75) is 27.2 Å². The Bertz CT molecular complexity index is 555. The summed E-state index contributed by atoms with van der Waals surface area (Å²) in [6, 6.07) is 3.62. The number of hydrogen-bond acceptors (Lipinski definition) is 3. The molecule has 18 heavy (non-hydrogen) atoms. The first kappa shape index (κ1) is 12.3. The highest BCUT2D eigenvalue weighted by atomic mass is 16.1. The van der Waals surface area contributed by atoms with Crippen molar-refractivity contribution in [2.75, 3.05) is 5.32 Å². The monoisotopic (exact) mass is 244 g/mol. The van der Waals surface area contributed by atoms with Crippen LogP contribution in [0.4, 0.5) is 5.69 Å². The highest BCUT2D eigenvalue weighted by molar-refractivity contribution is 5.92. The van der Waals surface area contributed by atoms with Gasteiger partial charge < -0.3 is 5.32 Å². The van der Waals surface area contributed by atoms with Gasteiger partial charge >= 0.3 is 0 Å². The number of carbonyl (C=O) groups is 1. The van der Waals surface area contributed by atoms with E-state index in [0.717, 1.165) is 28.3 Å². The Hall–Kier alpha value is -2.17. The lowest BCUT2D eigenvalue weighted by atomic mass is 10.1. The number of amides is 1. The summed E-state index contributed by atoms with van der Waals surface area (Å²) in [4.78, 5) is 16.0. The molecule has 2 N–H and O–H groups in total. The van der Waals surface area contributed by atoms with Crippen molar-refractivity contribution in [2.24, 2.45) is 0 Å². The van der Waals surface area contributed by atoms with Crippen LogP contribution in [-0.2, 0) is 11.2 Å². The first-order chi connectivity index (χ1) is 8.56. The smallest absolute Gasteiger partial charge is 0.228 e. The zero-order valence-electron chi connectivity index (χ0n) is 10.7. The van der Waals surface area contributed by atoms with Crippen molar-refractivity contribution in [1.82, 2.24) is 15.2 Å². The molecule has 0 fully saturated rings. The number of aryl methyl sites for hydroxylation is 3. The first-order valence-electron chi connectivity index (χ1n) is 5.79. The molecule has 1 amide bonds. The topological polar surface area (TPSA) is 70.7 Å². The minimum atomic E-state index is -0.0480. The first-order valence-corrected chi connectivity index (χ1v) is 5.79. The van der Waals surface area contributed by atoms with Crippen molar-refractivity contribution in [3.05, 3.63) is 41.0 Å². The molecule has 0 aliphatic carbocycles. The standard InChI is InChI=1S/C13H16N4O/c1-8-6-11(4-5-14-8)15-13(18)7-12-9(2)16-17-10(12)3/h4-6H,7H2,1-3H3,(H,16,17)(H,14,15,18). The number of nitrogens with zero attached hydrogens (tertiary/aromatic N) is 2. The van der Waals surface area contributed by atoms with Gasteiger partial charge in [-0.1, -0.05) is 0 Å². The normalized spacial score (nSPS) is 10.4. The van der Waals surface area contributed by atoms with Crippen LogP contribution in [0.25, 0.3) is 0 Å². The number of anilines is 1. The van der Waals surface area contributed by atoms with Gasteiger partial charge in [0.05, 0.1) is 12.1 Å². The highest BCUT2D eigenvalue weighted by Crippen LogP contribution is 2.12. The third-order valence-corrected chi connectivity index (χ3v) is 2.80. The van der Waals surface area contributed by atoms with E-state index in [9.17, 15) is 4.79 Å². The number of pyridine rings is 1. The Morgan fingerprint density at radius 1 is 1.39 bits per heavy atom. The molecule has 2 rings (SSSR count). The maximum absolute atomic E-state index is 11.9. The summed E-state index contributed by atoms with van der Waals surface area (Å²) in [6.07, 6.45) is 2.01. The maximum Gasteiger partial charge on any atom is 0.228 e. The summed E-state index contributed by atoms with van der Waals surface area (Å²) in [6.45, 7) is 5.70. The van der Waals surface area contributed by atoms with Gasteiger partial charge in [-0.05, 0) is 32.9 Å². The second kappa shape index (κ2) is 5.00. The second-order valence-electron chi connectivity index (χ2n) is 4.32. The van der Waals surface area contributed by atoms with Gasteiger partial charge in [-0.2, -0.15) is 5.10 Å². The molecule has 2 aromatic rings. The number of aromatic nitrogens is 3. The summed E-state index contributed by atoms with van der Waals surface area (Å²) in [7, 11) is 0. The zero-order chi connectivity index (χ0) is 13.1. The molecule has 0 aromatic carbocycles. The quantitative estimate of drug-likeness (QED) is 0.866. The predicted molar refractivity (Wildman–Crippen MR) is 69.4 cm³/mol. The minimum absolute atomic E-state index is 0.0480. The lowest BCUT2D eigenvalue weighted by Crippen LogP contribution is -2.15. The van der Waals surface area contributed by atoms with E-state index in [1.54, 1.807) is 12.3 Å². The Kier molecular flexibility index (Phi) is 3.41. The molecule has 0 atom stereocenters. The Labute approximate surface area is 106 Å². The summed E-state index contributed by atoms with van der Waals surface area (Å²) < 4.78 is 0.